The number of anilines is 3. The zero-order valence-corrected chi connectivity index (χ0v) is 13.4. The molecule has 1 aliphatic heterocycles. The second-order valence-electron chi connectivity index (χ2n) is 5.14. The molecule has 0 radical (unpaired) electrons. The van der Waals surface area contributed by atoms with Gasteiger partial charge in [-0.3, -0.25) is 5.41 Å². The molecule has 3 rings (SSSR count). The van der Waals surface area contributed by atoms with Crippen molar-refractivity contribution >= 4 is 38.8 Å². The molecule has 1 aliphatic rings. The predicted octanol–water partition coefficient (Wildman–Crippen LogP) is 3.32. The van der Waals surface area contributed by atoms with E-state index in [-0.39, 0.29) is 5.84 Å². The molecule has 1 heterocycles. The predicted molar refractivity (Wildman–Crippen MR) is 91.9 cm³/mol. The second-order valence-corrected chi connectivity index (χ2v) is 6.00. The molecule has 0 amide bonds. The maximum absolute atomic E-state index is 7.53. The fourth-order valence-corrected chi connectivity index (χ4v) is 3.24. The molecule has 0 bridgehead atoms. The van der Waals surface area contributed by atoms with Gasteiger partial charge >= 0.3 is 0 Å². The van der Waals surface area contributed by atoms with E-state index in [1.54, 1.807) is 0 Å². The zero-order valence-electron chi connectivity index (χ0n) is 11.8. The van der Waals surface area contributed by atoms with Gasteiger partial charge in [0.1, 0.15) is 5.84 Å². The Hall–Kier alpha value is -2.01. The standard InChI is InChI=1S/C16H17BrN4/c1-20-8-9-21(15-5-3-2-4-14(15)20)13-7-6-11(16(18)19)10-12(13)17/h2-7,10H,8-9H2,1H3,(H3,18,19). The number of nitrogens with two attached hydrogens (primary N) is 1. The molecule has 0 aromatic heterocycles. The molecule has 108 valence electrons. The maximum atomic E-state index is 7.53. The number of benzene rings is 2. The number of halogens is 1. The monoisotopic (exact) mass is 344 g/mol. The summed E-state index contributed by atoms with van der Waals surface area (Å²) < 4.78 is 0.953. The van der Waals surface area contributed by atoms with Crippen molar-refractivity contribution in [2.24, 2.45) is 5.73 Å². The number of hydrogen-bond acceptors (Lipinski definition) is 3. The number of para-hydroxylation sites is 2. The maximum Gasteiger partial charge on any atom is 0.122 e. The third kappa shape index (κ3) is 2.49. The summed E-state index contributed by atoms with van der Waals surface area (Å²) in [5.74, 6) is 0.0843. The van der Waals surface area contributed by atoms with Gasteiger partial charge in [0.2, 0.25) is 0 Å². The number of nitrogens with one attached hydrogen (secondary N) is 1. The van der Waals surface area contributed by atoms with Crippen molar-refractivity contribution in [1.29, 1.82) is 5.41 Å². The summed E-state index contributed by atoms with van der Waals surface area (Å²) in [5.41, 5.74) is 9.80. The molecule has 0 aliphatic carbocycles. The average Bonchev–Trinajstić information content (AvgIpc) is 2.48. The van der Waals surface area contributed by atoms with Crippen LogP contribution in [-0.4, -0.2) is 26.0 Å². The van der Waals surface area contributed by atoms with Crippen molar-refractivity contribution in [3.8, 4) is 0 Å². The molecule has 2 aromatic carbocycles. The van der Waals surface area contributed by atoms with Gasteiger partial charge in [-0.1, -0.05) is 12.1 Å². The highest BCUT2D eigenvalue weighted by Crippen LogP contribution is 2.39. The molecule has 0 spiro atoms. The van der Waals surface area contributed by atoms with Gasteiger partial charge < -0.3 is 15.5 Å². The first-order chi connectivity index (χ1) is 10.1. The van der Waals surface area contributed by atoms with Gasteiger partial charge in [0.05, 0.1) is 17.1 Å². The minimum Gasteiger partial charge on any atom is -0.384 e. The normalized spacial score (nSPS) is 14.0. The van der Waals surface area contributed by atoms with Crippen LogP contribution in [0.1, 0.15) is 5.56 Å². The molecule has 0 atom stereocenters. The van der Waals surface area contributed by atoms with E-state index in [9.17, 15) is 0 Å². The number of nitrogens with zero attached hydrogens (tertiary/aromatic N) is 2. The molecular weight excluding hydrogens is 328 g/mol. The Kier molecular flexibility index (Phi) is 3.59. The van der Waals surface area contributed by atoms with Crippen LogP contribution in [0.25, 0.3) is 0 Å². The lowest BCUT2D eigenvalue weighted by molar-refractivity contribution is 0.821. The minimum atomic E-state index is 0.0843. The summed E-state index contributed by atoms with van der Waals surface area (Å²) in [4.78, 5) is 4.56. The van der Waals surface area contributed by atoms with E-state index in [4.69, 9.17) is 11.1 Å². The summed E-state index contributed by atoms with van der Waals surface area (Å²) in [6, 6.07) is 14.2. The molecular formula is C16H17BrN4. The molecule has 2 aromatic rings. The first-order valence-electron chi connectivity index (χ1n) is 6.79. The Morgan fingerprint density at radius 2 is 1.81 bits per heavy atom. The quantitative estimate of drug-likeness (QED) is 0.649. The molecule has 5 heteroatoms. The summed E-state index contributed by atoms with van der Waals surface area (Å²) in [5, 5.41) is 7.53. The summed E-state index contributed by atoms with van der Waals surface area (Å²) in [6.07, 6.45) is 0. The smallest absolute Gasteiger partial charge is 0.122 e. The lowest BCUT2D eigenvalue weighted by atomic mass is 10.1. The highest BCUT2D eigenvalue weighted by atomic mass is 79.9. The van der Waals surface area contributed by atoms with Crippen molar-refractivity contribution in [3.05, 3.63) is 52.5 Å². The van der Waals surface area contributed by atoms with Gasteiger partial charge in [-0.05, 0) is 46.3 Å². The van der Waals surface area contributed by atoms with Crippen LogP contribution >= 0.6 is 15.9 Å². The third-order valence-corrected chi connectivity index (χ3v) is 4.43. The van der Waals surface area contributed by atoms with E-state index >= 15 is 0 Å². The largest absolute Gasteiger partial charge is 0.384 e. The van der Waals surface area contributed by atoms with E-state index in [0.717, 1.165) is 28.8 Å². The summed E-state index contributed by atoms with van der Waals surface area (Å²) >= 11 is 3.61. The number of amidine groups is 1. The number of fused-ring (bicyclic) bond motifs is 1. The molecule has 4 nitrogen and oxygen atoms in total. The SMILES string of the molecule is CN1CCN(c2ccc(C(=N)N)cc2Br)c2ccccc21. The van der Waals surface area contributed by atoms with Gasteiger partial charge in [0, 0.05) is 30.2 Å². The van der Waals surface area contributed by atoms with Crippen molar-refractivity contribution in [2.45, 2.75) is 0 Å². The van der Waals surface area contributed by atoms with Crippen LogP contribution in [0.15, 0.2) is 46.9 Å². The van der Waals surface area contributed by atoms with Gasteiger partial charge in [-0.2, -0.15) is 0 Å². The van der Waals surface area contributed by atoms with Gasteiger partial charge in [0.25, 0.3) is 0 Å². The van der Waals surface area contributed by atoms with Crippen LogP contribution in [0.3, 0.4) is 0 Å². The van der Waals surface area contributed by atoms with E-state index < -0.39 is 0 Å². The van der Waals surface area contributed by atoms with Crippen molar-refractivity contribution < 1.29 is 0 Å². The van der Waals surface area contributed by atoms with Gasteiger partial charge in [-0.15, -0.1) is 0 Å². The lowest BCUT2D eigenvalue weighted by Crippen LogP contribution is -2.36. The Morgan fingerprint density at radius 1 is 1.10 bits per heavy atom. The lowest BCUT2D eigenvalue weighted by Gasteiger charge is -2.37. The number of nitrogen functional groups attached to an aromatic ring is 1. The fourth-order valence-electron chi connectivity index (χ4n) is 2.65. The highest BCUT2D eigenvalue weighted by Gasteiger charge is 2.22. The van der Waals surface area contributed by atoms with Crippen LogP contribution in [0.5, 0.6) is 0 Å². The van der Waals surface area contributed by atoms with E-state index in [1.165, 1.54) is 11.4 Å². The topological polar surface area (TPSA) is 56.4 Å². The van der Waals surface area contributed by atoms with Crippen molar-refractivity contribution in [2.75, 3.05) is 29.9 Å². The molecule has 21 heavy (non-hydrogen) atoms. The van der Waals surface area contributed by atoms with Crippen LogP contribution in [0.4, 0.5) is 17.1 Å². The molecule has 0 saturated heterocycles. The second kappa shape index (κ2) is 5.41. The number of likely N-dealkylation sites (N-methyl/N-ethyl adjacent to an activating group) is 1. The number of hydrogen-bond donors (Lipinski definition) is 2. The molecule has 0 saturated carbocycles. The van der Waals surface area contributed by atoms with Crippen molar-refractivity contribution in [1.82, 2.24) is 0 Å². The van der Waals surface area contributed by atoms with Gasteiger partial charge in [-0.25, -0.2) is 0 Å². The van der Waals surface area contributed by atoms with Gasteiger partial charge in [0.15, 0.2) is 0 Å². The minimum absolute atomic E-state index is 0.0843. The molecule has 3 N–H and O–H groups in total. The zero-order chi connectivity index (χ0) is 15.0. The number of rotatable bonds is 2. The summed E-state index contributed by atoms with van der Waals surface area (Å²) in [6.45, 7) is 1.89. The highest BCUT2D eigenvalue weighted by molar-refractivity contribution is 9.10. The molecule has 0 fully saturated rings. The van der Waals surface area contributed by atoms with Crippen LogP contribution in [0.2, 0.25) is 0 Å². The van der Waals surface area contributed by atoms with Crippen LogP contribution < -0.4 is 15.5 Å². The third-order valence-electron chi connectivity index (χ3n) is 3.79. The Bertz CT molecular complexity index is 698. The first kappa shape index (κ1) is 13.9. The Morgan fingerprint density at radius 3 is 2.48 bits per heavy atom. The Labute approximate surface area is 132 Å². The van der Waals surface area contributed by atoms with Crippen molar-refractivity contribution in [3.63, 3.8) is 0 Å². The first-order valence-corrected chi connectivity index (χ1v) is 7.59. The molecule has 0 unspecified atom stereocenters. The fraction of sp³-hybridized carbons (Fsp3) is 0.188. The van der Waals surface area contributed by atoms with E-state index in [2.05, 4.69) is 57.0 Å². The Balaban J connectivity index is 2.06. The average molecular weight is 345 g/mol. The van der Waals surface area contributed by atoms with Crippen LogP contribution in [0, 0.1) is 5.41 Å². The van der Waals surface area contributed by atoms with E-state index in [0.29, 0.717) is 0 Å². The summed E-state index contributed by atoms with van der Waals surface area (Å²) in [7, 11) is 2.12. The van der Waals surface area contributed by atoms with E-state index in [1.807, 2.05) is 18.2 Å². The van der Waals surface area contributed by atoms with Crippen LogP contribution in [-0.2, 0) is 0 Å².